The lowest BCUT2D eigenvalue weighted by molar-refractivity contribution is -0.953. The highest BCUT2D eigenvalue weighted by atomic mass is 35.5. The average Bonchev–Trinajstić information content (AvgIpc) is 2.35. The Morgan fingerprint density at radius 1 is 1.00 bits per heavy atom. The summed E-state index contributed by atoms with van der Waals surface area (Å²) in [5.41, 5.74) is 1.06. The molecule has 0 saturated carbocycles. The fourth-order valence-corrected chi connectivity index (χ4v) is 2.62. The third kappa shape index (κ3) is 4.77. The van der Waals surface area contributed by atoms with E-state index in [9.17, 15) is 0 Å². The molecule has 0 saturated heterocycles. The third-order valence-corrected chi connectivity index (χ3v) is 4.15. The normalized spacial score (nSPS) is 13.0. The van der Waals surface area contributed by atoms with Crippen LogP contribution in [0.4, 0.5) is 0 Å². The second-order valence-corrected chi connectivity index (χ2v) is 5.61. The molecule has 0 radical (unpaired) electrons. The van der Waals surface area contributed by atoms with Crippen molar-refractivity contribution < 1.29 is 9.80 Å². The van der Waals surface area contributed by atoms with Gasteiger partial charge in [-0.1, -0.05) is 29.3 Å². The summed E-state index contributed by atoms with van der Waals surface area (Å²) in [4.78, 5) is 3.09. The summed E-state index contributed by atoms with van der Waals surface area (Å²) in [6.07, 6.45) is 0. The standard InChI is InChI=1S/C14H22Cl2N2/c1-4-18(5-2)10-9-17(3)11-12-13(15)7-6-8-14(12)16/h6-8H,4-5,9-11H2,1-3H3/p+2. The van der Waals surface area contributed by atoms with Gasteiger partial charge in [-0.3, -0.25) is 0 Å². The maximum absolute atomic E-state index is 6.19. The van der Waals surface area contributed by atoms with Crippen LogP contribution in [0.1, 0.15) is 19.4 Å². The van der Waals surface area contributed by atoms with Gasteiger partial charge in [0.25, 0.3) is 0 Å². The Hall–Kier alpha value is -0.280. The summed E-state index contributed by atoms with van der Waals surface area (Å²) >= 11 is 12.4. The van der Waals surface area contributed by atoms with Crippen molar-refractivity contribution in [2.24, 2.45) is 0 Å². The average molecular weight is 291 g/mol. The van der Waals surface area contributed by atoms with Gasteiger partial charge in [-0.25, -0.2) is 0 Å². The van der Waals surface area contributed by atoms with Gasteiger partial charge in [-0.2, -0.15) is 0 Å². The molecule has 0 heterocycles. The van der Waals surface area contributed by atoms with E-state index in [1.54, 1.807) is 4.90 Å². The topological polar surface area (TPSA) is 8.88 Å². The molecule has 0 aromatic heterocycles. The predicted molar refractivity (Wildman–Crippen MR) is 78.8 cm³/mol. The number of rotatable bonds is 7. The van der Waals surface area contributed by atoms with Crippen LogP contribution in [0.25, 0.3) is 0 Å². The van der Waals surface area contributed by atoms with Crippen LogP contribution < -0.4 is 9.80 Å². The van der Waals surface area contributed by atoms with E-state index in [2.05, 4.69) is 20.9 Å². The fourth-order valence-electron chi connectivity index (χ4n) is 2.09. The van der Waals surface area contributed by atoms with Crippen molar-refractivity contribution >= 4 is 23.2 Å². The van der Waals surface area contributed by atoms with Gasteiger partial charge in [0.05, 0.1) is 30.2 Å². The van der Waals surface area contributed by atoms with Crippen molar-refractivity contribution in [2.75, 3.05) is 33.2 Å². The van der Waals surface area contributed by atoms with Crippen LogP contribution in [0, 0.1) is 0 Å². The van der Waals surface area contributed by atoms with Crippen molar-refractivity contribution in [1.82, 2.24) is 0 Å². The van der Waals surface area contributed by atoms with E-state index in [4.69, 9.17) is 23.2 Å². The Balaban J connectivity index is 2.52. The molecule has 2 nitrogen and oxygen atoms in total. The minimum atomic E-state index is 0.775. The molecule has 0 spiro atoms. The van der Waals surface area contributed by atoms with Crippen LogP contribution in [0.5, 0.6) is 0 Å². The van der Waals surface area contributed by atoms with E-state index in [1.165, 1.54) is 24.5 Å². The molecule has 2 N–H and O–H groups in total. The molecule has 1 rings (SSSR count). The molecule has 18 heavy (non-hydrogen) atoms. The Kier molecular flexibility index (Phi) is 7.02. The van der Waals surface area contributed by atoms with E-state index in [1.807, 2.05) is 18.2 Å². The largest absolute Gasteiger partial charge is 0.331 e. The zero-order valence-electron chi connectivity index (χ0n) is 11.5. The maximum Gasteiger partial charge on any atom is 0.127 e. The quantitative estimate of drug-likeness (QED) is 0.740. The lowest BCUT2D eigenvalue weighted by Crippen LogP contribution is -3.18. The minimum absolute atomic E-state index is 0.775. The van der Waals surface area contributed by atoms with Crippen LogP contribution in [-0.2, 0) is 6.54 Å². The summed E-state index contributed by atoms with van der Waals surface area (Å²) in [6, 6.07) is 5.71. The molecule has 0 fully saturated rings. The molecule has 0 aliphatic heterocycles. The number of hydrogen-bond donors (Lipinski definition) is 2. The second kappa shape index (κ2) is 8.00. The van der Waals surface area contributed by atoms with Crippen molar-refractivity contribution in [1.29, 1.82) is 0 Å². The Morgan fingerprint density at radius 3 is 2.06 bits per heavy atom. The van der Waals surface area contributed by atoms with Crippen molar-refractivity contribution in [2.45, 2.75) is 20.4 Å². The molecular formula is C14H24Cl2N2+2. The molecule has 0 bridgehead atoms. The molecule has 0 aliphatic carbocycles. The van der Waals surface area contributed by atoms with E-state index in [0.29, 0.717) is 0 Å². The molecule has 0 amide bonds. The lowest BCUT2D eigenvalue weighted by Gasteiger charge is -2.19. The van der Waals surface area contributed by atoms with Crippen LogP contribution in [0.15, 0.2) is 18.2 Å². The van der Waals surface area contributed by atoms with Gasteiger partial charge < -0.3 is 9.80 Å². The van der Waals surface area contributed by atoms with Crippen LogP contribution in [0.3, 0.4) is 0 Å². The van der Waals surface area contributed by atoms with Crippen LogP contribution >= 0.6 is 23.2 Å². The lowest BCUT2D eigenvalue weighted by atomic mass is 10.2. The molecule has 0 aliphatic rings. The summed E-state index contributed by atoms with van der Waals surface area (Å²) in [7, 11) is 2.20. The van der Waals surface area contributed by atoms with E-state index >= 15 is 0 Å². The van der Waals surface area contributed by atoms with Gasteiger partial charge in [0.1, 0.15) is 19.6 Å². The van der Waals surface area contributed by atoms with Crippen LogP contribution in [-0.4, -0.2) is 33.2 Å². The van der Waals surface area contributed by atoms with Gasteiger partial charge >= 0.3 is 0 Å². The summed E-state index contributed by atoms with van der Waals surface area (Å²) in [6.45, 7) is 10.1. The van der Waals surface area contributed by atoms with E-state index in [0.717, 1.165) is 28.7 Å². The van der Waals surface area contributed by atoms with Gasteiger partial charge in [-0.05, 0) is 26.0 Å². The second-order valence-electron chi connectivity index (χ2n) is 4.79. The zero-order valence-corrected chi connectivity index (χ0v) is 13.0. The van der Waals surface area contributed by atoms with Gasteiger partial charge in [0.15, 0.2) is 0 Å². The number of likely N-dealkylation sites (N-methyl/N-ethyl adjacent to an activating group) is 2. The van der Waals surface area contributed by atoms with E-state index < -0.39 is 0 Å². The van der Waals surface area contributed by atoms with Gasteiger partial charge in [0.2, 0.25) is 0 Å². The van der Waals surface area contributed by atoms with Gasteiger partial charge in [0, 0.05) is 5.56 Å². The molecule has 1 atom stereocenters. The highest BCUT2D eigenvalue weighted by Gasteiger charge is 2.13. The van der Waals surface area contributed by atoms with Gasteiger partial charge in [-0.15, -0.1) is 0 Å². The first-order valence-electron chi connectivity index (χ1n) is 6.66. The number of halogens is 2. The van der Waals surface area contributed by atoms with Crippen molar-refractivity contribution in [3.8, 4) is 0 Å². The molecule has 4 heteroatoms. The summed E-state index contributed by atoms with van der Waals surface area (Å²) < 4.78 is 0. The number of nitrogens with one attached hydrogen (secondary N) is 2. The first-order valence-corrected chi connectivity index (χ1v) is 7.41. The first kappa shape index (κ1) is 15.8. The number of benzene rings is 1. The maximum atomic E-state index is 6.19. The summed E-state index contributed by atoms with van der Waals surface area (Å²) in [5, 5.41) is 1.55. The molecule has 1 aromatic rings. The molecule has 1 unspecified atom stereocenters. The fraction of sp³-hybridized carbons (Fsp3) is 0.571. The highest BCUT2D eigenvalue weighted by molar-refractivity contribution is 6.35. The monoisotopic (exact) mass is 290 g/mol. The smallest absolute Gasteiger partial charge is 0.127 e. The number of quaternary nitrogens is 2. The van der Waals surface area contributed by atoms with Crippen molar-refractivity contribution in [3.05, 3.63) is 33.8 Å². The Labute approximate surface area is 120 Å². The van der Waals surface area contributed by atoms with Crippen molar-refractivity contribution in [3.63, 3.8) is 0 Å². The van der Waals surface area contributed by atoms with Crippen LogP contribution in [0.2, 0.25) is 10.0 Å². The molecule has 102 valence electrons. The molecular weight excluding hydrogens is 267 g/mol. The summed E-state index contributed by atoms with van der Waals surface area (Å²) in [5.74, 6) is 0. The Bertz CT molecular complexity index is 345. The number of hydrogen-bond acceptors (Lipinski definition) is 0. The zero-order chi connectivity index (χ0) is 13.5. The SMILES string of the molecule is CC[NH+](CC)CC[NH+](C)Cc1c(Cl)cccc1Cl. The third-order valence-electron chi connectivity index (χ3n) is 3.45. The first-order chi connectivity index (χ1) is 8.58. The minimum Gasteiger partial charge on any atom is -0.331 e. The Morgan fingerprint density at radius 2 is 1.56 bits per heavy atom. The predicted octanol–water partition coefficient (Wildman–Crippen LogP) is 0.933. The van der Waals surface area contributed by atoms with E-state index in [-0.39, 0.29) is 0 Å². The molecule has 1 aromatic carbocycles. The highest BCUT2D eigenvalue weighted by Crippen LogP contribution is 2.22.